The summed E-state index contributed by atoms with van der Waals surface area (Å²) < 4.78 is 2.79. The Morgan fingerprint density at radius 2 is 1.87 bits per heavy atom. The minimum absolute atomic E-state index is 0.0796. The smallest absolute Gasteiger partial charge is 0.333 e. The molecule has 31 heavy (non-hydrogen) atoms. The van der Waals surface area contributed by atoms with Gasteiger partial charge in [0.25, 0.3) is 5.56 Å². The van der Waals surface area contributed by atoms with Crippen molar-refractivity contribution < 1.29 is 4.79 Å². The van der Waals surface area contributed by atoms with Gasteiger partial charge < -0.3 is 10.2 Å². The van der Waals surface area contributed by atoms with E-state index in [0.29, 0.717) is 11.2 Å². The molecular formula is C22H25N5O3S. The summed E-state index contributed by atoms with van der Waals surface area (Å²) in [5, 5.41) is 3.56. The van der Waals surface area contributed by atoms with Crippen molar-refractivity contribution in [2.45, 2.75) is 38.9 Å². The minimum atomic E-state index is -0.553. The molecule has 162 valence electrons. The van der Waals surface area contributed by atoms with Gasteiger partial charge in [-0.2, -0.15) is 0 Å². The maximum atomic E-state index is 13.0. The number of benzene rings is 1. The van der Waals surface area contributed by atoms with Gasteiger partial charge in [0.15, 0.2) is 10.8 Å². The van der Waals surface area contributed by atoms with Gasteiger partial charge in [-0.3, -0.25) is 18.7 Å². The number of nitrogens with one attached hydrogen (secondary N) is 1. The number of rotatable bonds is 7. The molecule has 0 unspecified atom stereocenters. The van der Waals surface area contributed by atoms with Crippen LogP contribution < -0.4 is 21.5 Å². The quantitative estimate of drug-likeness (QED) is 0.570. The maximum Gasteiger partial charge on any atom is 0.333 e. The Hall–Kier alpha value is -3.20. The van der Waals surface area contributed by atoms with Crippen molar-refractivity contribution in [1.29, 1.82) is 0 Å². The van der Waals surface area contributed by atoms with Crippen LogP contribution in [0.15, 0.2) is 52.6 Å². The Morgan fingerprint density at radius 3 is 2.58 bits per heavy atom. The minimum Gasteiger partial charge on any atom is -0.350 e. The summed E-state index contributed by atoms with van der Waals surface area (Å²) in [6.45, 7) is 5.63. The number of hydrogen-bond donors (Lipinski definition) is 1. The SMILES string of the molecule is C=CCn1c(=O)c2sc(N3CCCCC3)nc2n(CC(=O)NCc2ccccc2)c1=O. The first-order chi connectivity index (χ1) is 15.1. The summed E-state index contributed by atoms with van der Waals surface area (Å²) in [7, 11) is 0. The Morgan fingerprint density at radius 1 is 1.13 bits per heavy atom. The van der Waals surface area contributed by atoms with Gasteiger partial charge in [0.2, 0.25) is 5.91 Å². The molecule has 0 aliphatic carbocycles. The van der Waals surface area contributed by atoms with Gasteiger partial charge in [-0.05, 0) is 24.8 Å². The number of carbonyl (C=O) groups is 1. The van der Waals surface area contributed by atoms with Crippen molar-refractivity contribution in [1.82, 2.24) is 19.4 Å². The molecule has 1 N–H and O–H groups in total. The average Bonchev–Trinajstić information content (AvgIpc) is 3.25. The maximum absolute atomic E-state index is 13.0. The van der Waals surface area contributed by atoms with E-state index in [1.807, 2.05) is 30.3 Å². The largest absolute Gasteiger partial charge is 0.350 e. The lowest BCUT2D eigenvalue weighted by Crippen LogP contribution is -2.42. The van der Waals surface area contributed by atoms with Crippen LogP contribution in [0.1, 0.15) is 24.8 Å². The Balaban J connectivity index is 1.68. The summed E-state index contributed by atoms with van der Waals surface area (Å²) >= 11 is 1.29. The summed E-state index contributed by atoms with van der Waals surface area (Å²) in [4.78, 5) is 45.4. The first-order valence-electron chi connectivity index (χ1n) is 10.4. The van der Waals surface area contributed by atoms with Crippen LogP contribution in [0.3, 0.4) is 0 Å². The molecule has 9 heteroatoms. The zero-order valence-corrected chi connectivity index (χ0v) is 18.1. The van der Waals surface area contributed by atoms with Crippen LogP contribution in [0, 0.1) is 0 Å². The van der Waals surface area contributed by atoms with E-state index in [2.05, 4.69) is 21.8 Å². The molecule has 1 amide bonds. The number of allylic oxidation sites excluding steroid dienone is 1. The van der Waals surface area contributed by atoms with Gasteiger partial charge in [-0.15, -0.1) is 6.58 Å². The van der Waals surface area contributed by atoms with E-state index in [0.717, 1.165) is 41.2 Å². The standard InChI is InChI=1S/C22H25N5O3S/c1-2-11-26-20(29)18-19(24-21(31-18)25-12-7-4-8-13-25)27(22(26)30)15-17(28)23-14-16-9-5-3-6-10-16/h2-3,5-6,9-10H,1,4,7-8,11-15H2,(H,23,28). The number of nitrogens with zero attached hydrogens (tertiary/aromatic N) is 4. The predicted molar refractivity (Wildman–Crippen MR) is 123 cm³/mol. The van der Waals surface area contributed by atoms with Gasteiger partial charge in [0.1, 0.15) is 11.2 Å². The van der Waals surface area contributed by atoms with Crippen LogP contribution in [0.4, 0.5) is 5.13 Å². The molecular weight excluding hydrogens is 414 g/mol. The van der Waals surface area contributed by atoms with E-state index in [4.69, 9.17) is 0 Å². The molecule has 0 spiro atoms. The van der Waals surface area contributed by atoms with Crippen LogP contribution >= 0.6 is 11.3 Å². The van der Waals surface area contributed by atoms with Crippen molar-refractivity contribution in [3.63, 3.8) is 0 Å². The lowest BCUT2D eigenvalue weighted by atomic mass is 10.1. The number of hydrogen-bond acceptors (Lipinski definition) is 6. The fraction of sp³-hybridized carbons (Fsp3) is 0.364. The first kappa shape index (κ1) is 21.0. The molecule has 1 saturated heterocycles. The van der Waals surface area contributed by atoms with Crippen LogP contribution in [0.2, 0.25) is 0 Å². The number of aromatic nitrogens is 3. The highest BCUT2D eigenvalue weighted by Gasteiger charge is 2.22. The molecule has 3 heterocycles. The molecule has 2 aromatic heterocycles. The van der Waals surface area contributed by atoms with Crippen LogP contribution in [0.5, 0.6) is 0 Å². The van der Waals surface area contributed by atoms with Crippen molar-refractivity contribution >= 4 is 32.7 Å². The summed E-state index contributed by atoms with van der Waals surface area (Å²) in [5.74, 6) is -0.316. The van der Waals surface area contributed by atoms with Crippen LogP contribution in [-0.4, -0.2) is 33.1 Å². The second-order valence-corrected chi connectivity index (χ2v) is 8.51. The zero-order valence-electron chi connectivity index (χ0n) is 17.2. The molecule has 4 rings (SSSR count). The van der Waals surface area contributed by atoms with Crippen molar-refractivity contribution in [3.8, 4) is 0 Å². The highest BCUT2D eigenvalue weighted by molar-refractivity contribution is 7.22. The van der Waals surface area contributed by atoms with Gasteiger partial charge >= 0.3 is 5.69 Å². The normalized spacial score (nSPS) is 14.0. The molecule has 3 aromatic rings. The number of fused-ring (bicyclic) bond motifs is 1. The van der Waals surface area contributed by atoms with Gasteiger partial charge in [0.05, 0.1) is 0 Å². The van der Waals surface area contributed by atoms with Crippen molar-refractivity contribution in [2.24, 2.45) is 0 Å². The Kier molecular flexibility index (Phi) is 6.31. The van der Waals surface area contributed by atoms with E-state index in [1.165, 1.54) is 28.4 Å². The van der Waals surface area contributed by atoms with Gasteiger partial charge in [-0.1, -0.05) is 47.7 Å². The predicted octanol–water partition coefficient (Wildman–Crippen LogP) is 2.11. The van der Waals surface area contributed by atoms with Gasteiger partial charge in [0, 0.05) is 26.2 Å². The van der Waals surface area contributed by atoms with Crippen molar-refractivity contribution in [3.05, 3.63) is 69.4 Å². The molecule has 1 aromatic carbocycles. The monoisotopic (exact) mass is 439 g/mol. The average molecular weight is 440 g/mol. The molecule has 1 aliphatic rings. The van der Waals surface area contributed by atoms with E-state index < -0.39 is 5.69 Å². The molecule has 0 radical (unpaired) electrons. The van der Waals surface area contributed by atoms with Gasteiger partial charge in [-0.25, -0.2) is 9.78 Å². The van der Waals surface area contributed by atoms with E-state index in [1.54, 1.807) is 0 Å². The second kappa shape index (κ2) is 9.30. The molecule has 0 saturated carbocycles. The lowest BCUT2D eigenvalue weighted by Gasteiger charge is -2.25. The lowest BCUT2D eigenvalue weighted by molar-refractivity contribution is -0.121. The highest BCUT2D eigenvalue weighted by Crippen LogP contribution is 2.28. The Bertz CT molecular complexity index is 1210. The fourth-order valence-corrected chi connectivity index (χ4v) is 4.79. The number of anilines is 1. The number of piperidine rings is 1. The van der Waals surface area contributed by atoms with E-state index in [9.17, 15) is 14.4 Å². The third-order valence-electron chi connectivity index (χ3n) is 5.33. The van der Waals surface area contributed by atoms with Crippen LogP contribution in [0.25, 0.3) is 10.3 Å². The molecule has 1 fully saturated rings. The number of carbonyl (C=O) groups excluding carboxylic acids is 1. The summed E-state index contributed by atoms with van der Waals surface area (Å²) in [6.07, 6.45) is 4.83. The molecule has 8 nitrogen and oxygen atoms in total. The summed E-state index contributed by atoms with van der Waals surface area (Å²) in [6, 6.07) is 9.54. The van der Waals surface area contributed by atoms with E-state index in [-0.39, 0.29) is 30.2 Å². The highest BCUT2D eigenvalue weighted by atomic mass is 32.1. The fourth-order valence-electron chi connectivity index (χ4n) is 3.72. The topological polar surface area (TPSA) is 89.2 Å². The second-order valence-electron chi connectivity index (χ2n) is 7.53. The number of amides is 1. The van der Waals surface area contributed by atoms with E-state index >= 15 is 0 Å². The third kappa shape index (κ3) is 4.46. The Labute approximate surface area is 183 Å². The van der Waals surface area contributed by atoms with Crippen LogP contribution in [-0.2, 0) is 24.4 Å². The third-order valence-corrected chi connectivity index (χ3v) is 6.42. The number of thiazole rings is 1. The molecule has 0 bridgehead atoms. The zero-order chi connectivity index (χ0) is 21.8. The summed E-state index contributed by atoms with van der Waals surface area (Å²) in [5.41, 5.74) is 0.297. The molecule has 1 aliphatic heterocycles. The first-order valence-corrected chi connectivity index (χ1v) is 11.2. The molecule has 0 atom stereocenters. The van der Waals surface area contributed by atoms with Crippen molar-refractivity contribution in [2.75, 3.05) is 18.0 Å².